The standard InChI is InChI=1S/C15H17Cl2NO3/c1-9-3-2-6-18(14(9)15(20)21)13(19)8-10-4-5-11(16)12(17)7-10/h4-5,7,9,14H,2-3,6,8H2,1H3,(H,20,21). The van der Waals surface area contributed by atoms with Gasteiger partial charge in [-0.2, -0.15) is 0 Å². The number of carbonyl (C=O) groups excluding carboxylic acids is 1. The summed E-state index contributed by atoms with van der Waals surface area (Å²) in [5.74, 6) is -1.16. The molecule has 2 rings (SSSR count). The monoisotopic (exact) mass is 329 g/mol. The zero-order valence-electron chi connectivity index (χ0n) is 11.7. The maximum absolute atomic E-state index is 12.4. The molecule has 1 aromatic carbocycles. The van der Waals surface area contributed by atoms with Crippen LogP contribution in [0.1, 0.15) is 25.3 Å². The summed E-state index contributed by atoms with van der Waals surface area (Å²) in [6.45, 7) is 2.36. The third-order valence-corrected chi connectivity index (χ3v) is 4.59. The number of piperidine rings is 1. The molecule has 0 aromatic heterocycles. The maximum atomic E-state index is 12.4. The minimum atomic E-state index is -0.940. The predicted molar refractivity (Wildman–Crippen MR) is 81.7 cm³/mol. The molecule has 1 fully saturated rings. The van der Waals surface area contributed by atoms with Crippen LogP contribution in [0.25, 0.3) is 0 Å². The third kappa shape index (κ3) is 3.69. The predicted octanol–water partition coefficient (Wildman–Crippen LogP) is 3.25. The van der Waals surface area contributed by atoms with E-state index >= 15 is 0 Å². The van der Waals surface area contributed by atoms with E-state index in [2.05, 4.69) is 0 Å². The van der Waals surface area contributed by atoms with Crippen LogP contribution in [-0.4, -0.2) is 34.5 Å². The van der Waals surface area contributed by atoms with Gasteiger partial charge in [0.05, 0.1) is 16.5 Å². The van der Waals surface area contributed by atoms with Gasteiger partial charge in [0.1, 0.15) is 6.04 Å². The molecule has 1 aliphatic heterocycles. The molecule has 1 aromatic rings. The van der Waals surface area contributed by atoms with Gasteiger partial charge in [-0.05, 0) is 36.5 Å². The molecule has 2 atom stereocenters. The van der Waals surface area contributed by atoms with Crippen LogP contribution in [0.5, 0.6) is 0 Å². The Balaban J connectivity index is 2.14. The van der Waals surface area contributed by atoms with Gasteiger partial charge in [0.2, 0.25) is 5.91 Å². The van der Waals surface area contributed by atoms with E-state index in [-0.39, 0.29) is 18.2 Å². The Morgan fingerprint density at radius 1 is 1.33 bits per heavy atom. The molecule has 0 radical (unpaired) electrons. The lowest BCUT2D eigenvalue weighted by Crippen LogP contribution is -2.52. The van der Waals surface area contributed by atoms with Gasteiger partial charge in [-0.15, -0.1) is 0 Å². The molecule has 2 unspecified atom stereocenters. The Labute approximate surface area is 133 Å². The summed E-state index contributed by atoms with van der Waals surface area (Å²) in [6, 6.07) is 4.27. The Kier molecular flexibility index (Phi) is 5.12. The second-order valence-corrected chi connectivity index (χ2v) is 6.23. The second kappa shape index (κ2) is 6.67. The van der Waals surface area contributed by atoms with Gasteiger partial charge in [0.25, 0.3) is 0 Å². The number of benzene rings is 1. The first kappa shape index (κ1) is 16.1. The summed E-state index contributed by atoms with van der Waals surface area (Å²) in [4.78, 5) is 25.3. The number of halogens is 2. The van der Waals surface area contributed by atoms with E-state index in [0.717, 1.165) is 18.4 Å². The lowest BCUT2D eigenvalue weighted by Gasteiger charge is -2.37. The maximum Gasteiger partial charge on any atom is 0.326 e. The van der Waals surface area contributed by atoms with Crippen LogP contribution >= 0.6 is 23.2 Å². The molecular weight excluding hydrogens is 313 g/mol. The van der Waals surface area contributed by atoms with Crippen LogP contribution in [0, 0.1) is 5.92 Å². The number of hydrogen-bond donors (Lipinski definition) is 1. The smallest absolute Gasteiger partial charge is 0.326 e. The first-order valence-corrected chi connectivity index (χ1v) is 7.62. The number of nitrogens with zero attached hydrogens (tertiary/aromatic N) is 1. The van der Waals surface area contributed by atoms with E-state index in [1.54, 1.807) is 18.2 Å². The van der Waals surface area contributed by atoms with E-state index < -0.39 is 12.0 Å². The number of carboxylic acid groups (broad SMARTS) is 1. The lowest BCUT2D eigenvalue weighted by molar-refractivity contribution is -0.154. The highest BCUT2D eigenvalue weighted by Crippen LogP contribution is 2.26. The van der Waals surface area contributed by atoms with Crippen LogP contribution in [0.4, 0.5) is 0 Å². The molecule has 0 spiro atoms. The fourth-order valence-electron chi connectivity index (χ4n) is 2.77. The van der Waals surface area contributed by atoms with Crippen molar-refractivity contribution >= 4 is 35.1 Å². The highest BCUT2D eigenvalue weighted by Gasteiger charge is 2.36. The van der Waals surface area contributed by atoms with Gasteiger partial charge in [-0.1, -0.05) is 36.2 Å². The summed E-state index contributed by atoms with van der Waals surface area (Å²) < 4.78 is 0. The summed E-state index contributed by atoms with van der Waals surface area (Å²) >= 11 is 11.8. The lowest BCUT2D eigenvalue weighted by atomic mass is 9.90. The van der Waals surface area contributed by atoms with Crippen molar-refractivity contribution in [2.75, 3.05) is 6.54 Å². The van der Waals surface area contributed by atoms with Gasteiger partial charge >= 0.3 is 5.97 Å². The molecule has 4 nitrogen and oxygen atoms in total. The van der Waals surface area contributed by atoms with Crippen molar-refractivity contribution in [1.29, 1.82) is 0 Å². The van der Waals surface area contributed by atoms with Crippen LogP contribution in [0.15, 0.2) is 18.2 Å². The van der Waals surface area contributed by atoms with Gasteiger partial charge in [0, 0.05) is 6.54 Å². The summed E-state index contributed by atoms with van der Waals surface area (Å²) in [7, 11) is 0. The zero-order chi connectivity index (χ0) is 15.6. The molecule has 1 heterocycles. The number of amides is 1. The van der Waals surface area contributed by atoms with Gasteiger partial charge in [0.15, 0.2) is 0 Å². The van der Waals surface area contributed by atoms with E-state index in [1.807, 2.05) is 6.92 Å². The summed E-state index contributed by atoms with van der Waals surface area (Å²) in [5, 5.41) is 10.2. The minimum Gasteiger partial charge on any atom is -0.480 e. The third-order valence-electron chi connectivity index (χ3n) is 3.85. The number of carboxylic acids is 1. The number of aliphatic carboxylic acids is 1. The molecule has 0 aliphatic carbocycles. The average Bonchev–Trinajstić information content (AvgIpc) is 2.42. The van der Waals surface area contributed by atoms with Crippen molar-refractivity contribution in [2.45, 2.75) is 32.2 Å². The van der Waals surface area contributed by atoms with Crippen LogP contribution in [0.2, 0.25) is 10.0 Å². The van der Waals surface area contributed by atoms with Crippen LogP contribution < -0.4 is 0 Å². The minimum absolute atomic E-state index is 0.0333. The largest absolute Gasteiger partial charge is 0.480 e. The SMILES string of the molecule is CC1CCCN(C(=O)Cc2ccc(Cl)c(Cl)c2)C1C(=O)O. The van der Waals surface area contributed by atoms with Crippen molar-refractivity contribution in [3.05, 3.63) is 33.8 Å². The molecular formula is C15H17Cl2NO3. The van der Waals surface area contributed by atoms with E-state index in [9.17, 15) is 14.7 Å². The van der Waals surface area contributed by atoms with Crippen molar-refractivity contribution in [2.24, 2.45) is 5.92 Å². The summed E-state index contributed by atoms with van der Waals surface area (Å²) in [5.41, 5.74) is 0.733. The Morgan fingerprint density at radius 2 is 2.05 bits per heavy atom. The number of carbonyl (C=O) groups is 2. The van der Waals surface area contributed by atoms with Crippen molar-refractivity contribution < 1.29 is 14.7 Å². The first-order chi connectivity index (χ1) is 9.90. The molecule has 1 N–H and O–H groups in total. The van der Waals surface area contributed by atoms with Gasteiger partial charge < -0.3 is 10.0 Å². The second-order valence-electron chi connectivity index (χ2n) is 5.41. The Bertz CT molecular complexity index is 562. The van der Waals surface area contributed by atoms with Crippen molar-refractivity contribution in [3.8, 4) is 0 Å². The van der Waals surface area contributed by atoms with E-state index in [0.29, 0.717) is 16.6 Å². The van der Waals surface area contributed by atoms with E-state index in [4.69, 9.17) is 23.2 Å². The van der Waals surface area contributed by atoms with E-state index in [1.165, 1.54) is 4.90 Å². The van der Waals surface area contributed by atoms with Gasteiger partial charge in [-0.25, -0.2) is 4.79 Å². The molecule has 1 saturated heterocycles. The fraction of sp³-hybridized carbons (Fsp3) is 0.467. The zero-order valence-corrected chi connectivity index (χ0v) is 13.2. The number of hydrogen-bond acceptors (Lipinski definition) is 2. The Hall–Kier alpha value is -1.26. The van der Waals surface area contributed by atoms with Gasteiger partial charge in [-0.3, -0.25) is 4.79 Å². The fourth-order valence-corrected chi connectivity index (χ4v) is 3.09. The molecule has 6 heteroatoms. The highest BCUT2D eigenvalue weighted by molar-refractivity contribution is 6.42. The molecule has 0 bridgehead atoms. The highest BCUT2D eigenvalue weighted by atomic mass is 35.5. The topological polar surface area (TPSA) is 57.6 Å². The first-order valence-electron chi connectivity index (χ1n) is 6.86. The number of likely N-dealkylation sites (tertiary alicyclic amines) is 1. The quantitative estimate of drug-likeness (QED) is 0.926. The average molecular weight is 330 g/mol. The van der Waals surface area contributed by atoms with Crippen molar-refractivity contribution in [1.82, 2.24) is 4.90 Å². The molecule has 0 saturated carbocycles. The van der Waals surface area contributed by atoms with Crippen molar-refractivity contribution in [3.63, 3.8) is 0 Å². The summed E-state index contributed by atoms with van der Waals surface area (Å²) in [6.07, 6.45) is 1.79. The molecule has 1 aliphatic rings. The molecule has 114 valence electrons. The Morgan fingerprint density at radius 3 is 2.67 bits per heavy atom. The van der Waals surface area contributed by atoms with Crippen LogP contribution in [-0.2, 0) is 16.0 Å². The van der Waals surface area contributed by atoms with Crippen LogP contribution in [0.3, 0.4) is 0 Å². The molecule has 21 heavy (non-hydrogen) atoms. The number of rotatable bonds is 3. The molecule has 1 amide bonds. The normalized spacial score (nSPS) is 22.1.